The van der Waals surface area contributed by atoms with Crippen molar-refractivity contribution in [3.8, 4) is 17.4 Å². The first kappa shape index (κ1) is 16.7. The predicted molar refractivity (Wildman–Crippen MR) is 101 cm³/mol. The Morgan fingerprint density at radius 2 is 1.92 bits per heavy atom. The maximum atomic E-state index is 6.11. The summed E-state index contributed by atoms with van der Waals surface area (Å²) in [6, 6.07) is 18.3. The maximum absolute atomic E-state index is 6.11. The lowest BCUT2D eigenvalue weighted by Crippen LogP contribution is -2.27. The molecule has 1 aliphatic heterocycles. The fraction of sp³-hybridized carbons (Fsp3) is 0.286. The molecule has 0 fully saturated rings. The van der Waals surface area contributed by atoms with Crippen LogP contribution in [-0.2, 0) is 13.6 Å². The van der Waals surface area contributed by atoms with Crippen LogP contribution < -0.4 is 14.8 Å². The Balaban J connectivity index is 1.54. The smallest absolute Gasteiger partial charge is 0.222 e. The van der Waals surface area contributed by atoms with Gasteiger partial charge in [0.25, 0.3) is 0 Å². The first-order chi connectivity index (χ1) is 12.7. The molecule has 134 valence electrons. The third kappa shape index (κ3) is 3.30. The fourth-order valence-electron chi connectivity index (χ4n) is 3.39. The standard InChI is InChI=1S/C21H23N3O2/c1-15-18(21(24(2)23-15)26-16-8-4-3-5-9-16)14-22-19-12-13-25-20-11-7-6-10-17(19)20/h3-11,19,22H,12-14H2,1-2H3/t19-/m0/s1. The van der Waals surface area contributed by atoms with Crippen LogP contribution in [0.2, 0.25) is 0 Å². The normalized spacial score (nSPS) is 16.0. The number of aryl methyl sites for hydroxylation is 2. The number of ether oxygens (including phenoxy) is 2. The summed E-state index contributed by atoms with van der Waals surface area (Å²) in [6.45, 7) is 3.45. The van der Waals surface area contributed by atoms with E-state index < -0.39 is 0 Å². The van der Waals surface area contributed by atoms with Crippen LogP contribution in [0.15, 0.2) is 54.6 Å². The zero-order chi connectivity index (χ0) is 17.9. The molecule has 0 saturated heterocycles. The molecule has 0 radical (unpaired) electrons. The number of benzene rings is 2. The van der Waals surface area contributed by atoms with Crippen molar-refractivity contribution in [1.82, 2.24) is 15.1 Å². The molecule has 4 rings (SSSR count). The zero-order valence-corrected chi connectivity index (χ0v) is 15.1. The van der Waals surface area contributed by atoms with Crippen LogP contribution in [-0.4, -0.2) is 16.4 Å². The highest BCUT2D eigenvalue weighted by Crippen LogP contribution is 2.33. The topological polar surface area (TPSA) is 48.3 Å². The predicted octanol–water partition coefficient (Wildman–Crippen LogP) is 4.13. The Kier molecular flexibility index (Phi) is 4.63. The van der Waals surface area contributed by atoms with Crippen LogP contribution in [0.1, 0.15) is 29.3 Å². The minimum absolute atomic E-state index is 0.268. The number of para-hydroxylation sites is 2. The van der Waals surface area contributed by atoms with E-state index in [4.69, 9.17) is 9.47 Å². The summed E-state index contributed by atoms with van der Waals surface area (Å²) < 4.78 is 13.7. The Bertz CT molecular complexity index is 890. The summed E-state index contributed by atoms with van der Waals surface area (Å²) in [6.07, 6.45) is 0.950. The zero-order valence-electron chi connectivity index (χ0n) is 15.1. The number of nitrogens with zero attached hydrogens (tertiary/aromatic N) is 2. The summed E-state index contributed by atoms with van der Waals surface area (Å²) in [4.78, 5) is 0. The van der Waals surface area contributed by atoms with E-state index in [1.165, 1.54) is 5.56 Å². The van der Waals surface area contributed by atoms with Gasteiger partial charge in [-0.05, 0) is 25.1 Å². The van der Waals surface area contributed by atoms with E-state index in [2.05, 4.69) is 22.5 Å². The summed E-state index contributed by atoms with van der Waals surface area (Å²) in [5, 5.41) is 8.20. The molecular formula is C21H23N3O2. The highest BCUT2D eigenvalue weighted by Gasteiger charge is 2.22. The maximum Gasteiger partial charge on any atom is 0.222 e. The molecule has 26 heavy (non-hydrogen) atoms. The SMILES string of the molecule is Cc1nn(C)c(Oc2ccccc2)c1CN[C@H]1CCOc2ccccc21. The molecule has 0 saturated carbocycles. The second-order valence-electron chi connectivity index (χ2n) is 6.52. The number of rotatable bonds is 5. The van der Waals surface area contributed by atoms with Gasteiger partial charge in [0, 0.05) is 31.6 Å². The van der Waals surface area contributed by atoms with Crippen molar-refractivity contribution in [2.24, 2.45) is 7.05 Å². The lowest BCUT2D eigenvalue weighted by Gasteiger charge is -2.26. The number of hydrogen-bond donors (Lipinski definition) is 1. The van der Waals surface area contributed by atoms with Crippen LogP contribution in [0.25, 0.3) is 0 Å². The Morgan fingerprint density at radius 1 is 1.15 bits per heavy atom. The van der Waals surface area contributed by atoms with Crippen molar-refractivity contribution in [3.05, 3.63) is 71.4 Å². The molecule has 0 bridgehead atoms. The summed E-state index contributed by atoms with van der Waals surface area (Å²) in [7, 11) is 1.92. The van der Waals surface area contributed by atoms with E-state index in [1.54, 1.807) is 4.68 Å². The van der Waals surface area contributed by atoms with E-state index in [9.17, 15) is 0 Å². The average molecular weight is 349 g/mol. The molecule has 2 heterocycles. The molecule has 1 N–H and O–H groups in total. The second kappa shape index (κ2) is 7.22. The van der Waals surface area contributed by atoms with Gasteiger partial charge in [-0.25, -0.2) is 4.68 Å². The summed E-state index contributed by atoms with van der Waals surface area (Å²) in [5.74, 6) is 2.56. The highest BCUT2D eigenvalue weighted by molar-refractivity contribution is 5.39. The molecule has 1 atom stereocenters. The number of nitrogens with one attached hydrogen (secondary N) is 1. The van der Waals surface area contributed by atoms with Gasteiger partial charge >= 0.3 is 0 Å². The molecule has 1 aromatic heterocycles. The van der Waals surface area contributed by atoms with E-state index >= 15 is 0 Å². The minimum atomic E-state index is 0.268. The van der Waals surface area contributed by atoms with Gasteiger partial charge in [0.15, 0.2) is 0 Å². The molecule has 0 unspecified atom stereocenters. The third-order valence-corrected chi connectivity index (χ3v) is 4.73. The molecule has 5 heteroatoms. The van der Waals surface area contributed by atoms with Crippen molar-refractivity contribution in [2.75, 3.05) is 6.61 Å². The molecule has 1 aliphatic rings. The number of hydrogen-bond acceptors (Lipinski definition) is 4. The monoisotopic (exact) mass is 349 g/mol. The second-order valence-corrected chi connectivity index (χ2v) is 6.52. The van der Waals surface area contributed by atoms with Gasteiger partial charge in [-0.15, -0.1) is 0 Å². The molecule has 0 spiro atoms. The van der Waals surface area contributed by atoms with Gasteiger partial charge in [0.1, 0.15) is 11.5 Å². The largest absolute Gasteiger partial charge is 0.493 e. The van der Waals surface area contributed by atoms with Crippen molar-refractivity contribution in [2.45, 2.75) is 25.9 Å². The van der Waals surface area contributed by atoms with Gasteiger partial charge in [-0.3, -0.25) is 0 Å². The molecule has 0 amide bonds. The molecular weight excluding hydrogens is 326 g/mol. The van der Waals surface area contributed by atoms with Crippen LogP contribution in [0.3, 0.4) is 0 Å². The van der Waals surface area contributed by atoms with Gasteiger partial charge in [-0.1, -0.05) is 36.4 Å². The first-order valence-electron chi connectivity index (χ1n) is 8.93. The minimum Gasteiger partial charge on any atom is -0.493 e. The van der Waals surface area contributed by atoms with Crippen molar-refractivity contribution in [3.63, 3.8) is 0 Å². The van der Waals surface area contributed by atoms with Crippen LogP contribution in [0.4, 0.5) is 0 Å². The molecule has 0 aliphatic carbocycles. The Morgan fingerprint density at radius 3 is 2.77 bits per heavy atom. The Labute approximate surface area is 153 Å². The lowest BCUT2D eigenvalue weighted by atomic mass is 10.0. The van der Waals surface area contributed by atoms with Crippen molar-refractivity contribution in [1.29, 1.82) is 0 Å². The van der Waals surface area contributed by atoms with Gasteiger partial charge in [0.05, 0.1) is 17.9 Å². The lowest BCUT2D eigenvalue weighted by molar-refractivity contribution is 0.252. The van der Waals surface area contributed by atoms with E-state index in [0.717, 1.165) is 41.7 Å². The van der Waals surface area contributed by atoms with E-state index in [1.807, 2.05) is 56.4 Å². The molecule has 2 aromatic carbocycles. The summed E-state index contributed by atoms with van der Waals surface area (Å²) in [5.41, 5.74) is 3.28. The van der Waals surface area contributed by atoms with Crippen molar-refractivity contribution < 1.29 is 9.47 Å². The Hall–Kier alpha value is -2.79. The van der Waals surface area contributed by atoms with E-state index in [0.29, 0.717) is 6.54 Å². The quantitative estimate of drug-likeness (QED) is 0.752. The van der Waals surface area contributed by atoms with Crippen molar-refractivity contribution >= 4 is 0 Å². The van der Waals surface area contributed by atoms with Gasteiger partial charge < -0.3 is 14.8 Å². The van der Waals surface area contributed by atoms with E-state index in [-0.39, 0.29) is 6.04 Å². The number of fused-ring (bicyclic) bond motifs is 1. The molecule has 5 nitrogen and oxygen atoms in total. The van der Waals surface area contributed by atoms with Gasteiger partial charge in [-0.2, -0.15) is 5.10 Å². The van der Waals surface area contributed by atoms with Gasteiger partial charge in [0.2, 0.25) is 5.88 Å². The third-order valence-electron chi connectivity index (χ3n) is 4.73. The molecule has 3 aromatic rings. The first-order valence-corrected chi connectivity index (χ1v) is 8.93. The summed E-state index contributed by atoms with van der Waals surface area (Å²) >= 11 is 0. The highest BCUT2D eigenvalue weighted by atomic mass is 16.5. The number of aromatic nitrogens is 2. The average Bonchev–Trinajstić information content (AvgIpc) is 2.93. The fourth-order valence-corrected chi connectivity index (χ4v) is 3.39. The van der Waals surface area contributed by atoms with Crippen LogP contribution in [0.5, 0.6) is 17.4 Å². The van der Waals surface area contributed by atoms with Crippen LogP contribution in [0, 0.1) is 6.92 Å². The van der Waals surface area contributed by atoms with Crippen LogP contribution >= 0.6 is 0 Å².